The van der Waals surface area contributed by atoms with E-state index in [1.165, 1.54) is 0 Å². The van der Waals surface area contributed by atoms with Gasteiger partial charge in [-0.15, -0.1) is 0 Å². The number of aryl methyl sites for hydroxylation is 1. The number of hydrogen-bond donors (Lipinski definition) is 1. The Hall–Kier alpha value is -3.14. The Balaban J connectivity index is 1.68. The van der Waals surface area contributed by atoms with E-state index >= 15 is 0 Å². The molecule has 0 saturated carbocycles. The highest BCUT2D eigenvalue weighted by Crippen LogP contribution is 2.21. The van der Waals surface area contributed by atoms with Crippen LogP contribution in [0, 0.1) is 0 Å². The van der Waals surface area contributed by atoms with Gasteiger partial charge < -0.3 is 5.32 Å². The molecule has 125 valence electrons. The molecule has 0 bridgehead atoms. The number of benzene rings is 2. The molecule has 1 aliphatic heterocycles. The molecule has 1 radical (unpaired) electrons. The third-order valence-corrected chi connectivity index (χ3v) is 4.00. The zero-order valence-electron chi connectivity index (χ0n) is 14.0. The van der Waals surface area contributed by atoms with Gasteiger partial charge in [0, 0.05) is 12.0 Å². The van der Waals surface area contributed by atoms with Crippen LogP contribution in [0.5, 0.6) is 0 Å². The summed E-state index contributed by atoms with van der Waals surface area (Å²) in [6.07, 6.45) is 2.78. The summed E-state index contributed by atoms with van der Waals surface area (Å²) in [5.41, 5.74) is 3.56. The second-order valence-corrected chi connectivity index (χ2v) is 5.90. The zero-order chi connectivity index (χ0) is 17.6. The summed E-state index contributed by atoms with van der Waals surface area (Å²) in [7, 11) is 0. The van der Waals surface area contributed by atoms with Gasteiger partial charge in [0.15, 0.2) is 0 Å². The first kappa shape index (κ1) is 16.7. The van der Waals surface area contributed by atoms with Crippen molar-refractivity contribution in [3.05, 3.63) is 89.1 Å². The molecular formula is C21H19N2O2. The fraction of sp³-hybridized carbons (Fsp3) is 0.143. The van der Waals surface area contributed by atoms with Gasteiger partial charge in [0.1, 0.15) is 5.70 Å². The summed E-state index contributed by atoms with van der Waals surface area (Å²) in [5.74, 6) is -0.592. The molecule has 1 aliphatic rings. The number of hydrogen-bond acceptors (Lipinski definition) is 2. The van der Waals surface area contributed by atoms with Crippen molar-refractivity contribution in [2.24, 2.45) is 0 Å². The molecule has 0 unspecified atom stereocenters. The van der Waals surface area contributed by atoms with Crippen LogP contribution in [0.3, 0.4) is 0 Å². The summed E-state index contributed by atoms with van der Waals surface area (Å²) < 4.78 is 0. The lowest BCUT2D eigenvalue weighted by Crippen LogP contribution is -2.34. The van der Waals surface area contributed by atoms with E-state index in [9.17, 15) is 9.59 Å². The van der Waals surface area contributed by atoms with Gasteiger partial charge in [-0.05, 0) is 30.6 Å². The van der Waals surface area contributed by atoms with Crippen LogP contribution in [-0.2, 0) is 16.0 Å². The van der Waals surface area contributed by atoms with E-state index in [0.717, 1.165) is 11.1 Å². The van der Waals surface area contributed by atoms with Gasteiger partial charge in [-0.25, -0.2) is 5.32 Å². The predicted octanol–water partition coefficient (Wildman–Crippen LogP) is 3.20. The number of carbonyl (C=O) groups is 2. The summed E-state index contributed by atoms with van der Waals surface area (Å²) in [4.78, 5) is 24.5. The SMILES string of the molecule is CC1=C(NC(=O)CCc2ccccc2)C(=O)[N]C(c2ccccc2)=C1. The third-order valence-electron chi connectivity index (χ3n) is 4.00. The van der Waals surface area contributed by atoms with Gasteiger partial charge >= 0.3 is 0 Å². The molecule has 25 heavy (non-hydrogen) atoms. The van der Waals surface area contributed by atoms with Gasteiger partial charge in [-0.2, -0.15) is 0 Å². The van der Waals surface area contributed by atoms with Crippen LogP contribution < -0.4 is 10.6 Å². The molecule has 0 fully saturated rings. The van der Waals surface area contributed by atoms with Crippen molar-refractivity contribution in [3.8, 4) is 0 Å². The average Bonchev–Trinajstić information content (AvgIpc) is 2.64. The second kappa shape index (κ2) is 7.62. The Morgan fingerprint density at radius 3 is 2.28 bits per heavy atom. The number of carbonyl (C=O) groups excluding carboxylic acids is 2. The molecule has 2 amide bonds. The number of amides is 2. The van der Waals surface area contributed by atoms with E-state index < -0.39 is 5.91 Å². The number of rotatable bonds is 5. The minimum absolute atomic E-state index is 0.182. The van der Waals surface area contributed by atoms with Crippen molar-refractivity contribution in [3.63, 3.8) is 0 Å². The second-order valence-electron chi connectivity index (χ2n) is 5.90. The van der Waals surface area contributed by atoms with Gasteiger partial charge in [-0.1, -0.05) is 60.7 Å². The first-order chi connectivity index (χ1) is 12.1. The first-order valence-electron chi connectivity index (χ1n) is 8.21. The van der Waals surface area contributed by atoms with Crippen LogP contribution in [0.2, 0.25) is 0 Å². The quantitative estimate of drug-likeness (QED) is 0.914. The van der Waals surface area contributed by atoms with Crippen molar-refractivity contribution in [2.45, 2.75) is 19.8 Å². The fourth-order valence-electron chi connectivity index (χ4n) is 2.66. The van der Waals surface area contributed by atoms with Crippen molar-refractivity contribution in [1.29, 1.82) is 0 Å². The maximum atomic E-state index is 12.3. The van der Waals surface area contributed by atoms with Crippen molar-refractivity contribution < 1.29 is 9.59 Å². The molecule has 0 aromatic heterocycles. The van der Waals surface area contributed by atoms with Crippen LogP contribution in [0.15, 0.2) is 78.0 Å². The van der Waals surface area contributed by atoms with E-state index in [-0.39, 0.29) is 11.6 Å². The van der Waals surface area contributed by atoms with Gasteiger partial charge in [-0.3, -0.25) is 9.59 Å². The number of nitrogens with one attached hydrogen (secondary N) is 1. The monoisotopic (exact) mass is 331 g/mol. The largest absolute Gasteiger partial charge is 0.321 e. The normalized spacial score (nSPS) is 14.0. The van der Waals surface area contributed by atoms with Crippen LogP contribution in [0.25, 0.3) is 5.70 Å². The van der Waals surface area contributed by atoms with Crippen molar-refractivity contribution >= 4 is 17.5 Å². The topological polar surface area (TPSA) is 60.3 Å². The smallest absolute Gasteiger partial charge is 0.294 e. The highest BCUT2D eigenvalue weighted by atomic mass is 16.2. The zero-order valence-corrected chi connectivity index (χ0v) is 14.0. The maximum absolute atomic E-state index is 12.3. The Bertz CT molecular complexity index is 837. The third kappa shape index (κ3) is 4.23. The molecule has 3 rings (SSSR count). The average molecular weight is 331 g/mol. The van der Waals surface area contributed by atoms with Gasteiger partial charge in [0.05, 0.1) is 5.70 Å². The van der Waals surface area contributed by atoms with Crippen LogP contribution >= 0.6 is 0 Å². The lowest BCUT2D eigenvalue weighted by atomic mass is 10.0. The predicted molar refractivity (Wildman–Crippen MR) is 97.2 cm³/mol. The summed E-state index contributed by atoms with van der Waals surface area (Å²) in [5, 5.41) is 6.82. The standard InChI is InChI=1S/C21H19N2O2/c1-15-14-18(17-10-6-3-7-11-17)22-21(25)20(15)23-19(24)13-12-16-8-4-2-5-9-16/h2-11,14H,12-13H2,1H3,(H,23,24). The van der Waals surface area contributed by atoms with Crippen LogP contribution in [0.1, 0.15) is 24.5 Å². The van der Waals surface area contributed by atoms with Crippen molar-refractivity contribution in [2.75, 3.05) is 0 Å². The van der Waals surface area contributed by atoms with E-state index in [0.29, 0.717) is 24.1 Å². The molecule has 4 heteroatoms. The molecule has 0 spiro atoms. The molecule has 4 nitrogen and oxygen atoms in total. The molecule has 2 aromatic rings. The molecular weight excluding hydrogens is 312 g/mol. The van der Waals surface area contributed by atoms with Crippen molar-refractivity contribution in [1.82, 2.24) is 10.6 Å². The highest BCUT2D eigenvalue weighted by Gasteiger charge is 2.23. The lowest BCUT2D eigenvalue weighted by Gasteiger charge is -2.17. The van der Waals surface area contributed by atoms with E-state index in [4.69, 9.17) is 0 Å². The number of nitrogens with zero attached hydrogens (tertiary/aromatic N) is 1. The fourth-order valence-corrected chi connectivity index (χ4v) is 2.66. The number of allylic oxidation sites excluding steroid dienone is 2. The minimum Gasteiger partial charge on any atom is -0.321 e. The van der Waals surface area contributed by atoms with Gasteiger partial charge in [0.2, 0.25) is 5.91 Å². The molecule has 1 heterocycles. The Morgan fingerprint density at radius 1 is 1.00 bits per heavy atom. The summed E-state index contributed by atoms with van der Waals surface area (Å²) >= 11 is 0. The van der Waals surface area contributed by atoms with E-state index in [1.807, 2.05) is 73.7 Å². The minimum atomic E-state index is -0.410. The Morgan fingerprint density at radius 2 is 1.64 bits per heavy atom. The molecule has 2 aromatic carbocycles. The first-order valence-corrected chi connectivity index (χ1v) is 8.21. The molecule has 1 N–H and O–H groups in total. The Labute approximate surface area is 147 Å². The van der Waals surface area contributed by atoms with Crippen LogP contribution in [0.4, 0.5) is 0 Å². The molecule has 0 saturated heterocycles. The van der Waals surface area contributed by atoms with Gasteiger partial charge in [0.25, 0.3) is 5.91 Å². The Kier molecular flexibility index (Phi) is 5.09. The highest BCUT2D eigenvalue weighted by molar-refractivity contribution is 6.04. The van der Waals surface area contributed by atoms with E-state index in [1.54, 1.807) is 0 Å². The summed E-state index contributed by atoms with van der Waals surface area (Å²) in [6.45, 7) is 1.81. The summed E-state index contributed by atoms with van der Waals surface area (Å²) in [6, 6.07) is 19.3. The van der Waals surface area contributed by atoms with E-state index in [2.05, 4.69) is 10.6 Å². The molecule has 0 atom stereocenters. The van der Waals surface area contributed by atoms with Crippen LogP contribution in [-0.4, -0.2) is 11.8 Å². The lowest BCUT2D eigenvalue weighted by molar-refractivity contribution is -0.123. The maximum Gasteiger partial charge on any atom is 0.294 e. The molecule has 0 aliphatic carbocycles.